The Morgan fingerprint density at radius 1 is 0.254 bits per heavy atom. The fourth-order valence-electron chi connectivity index (χ4n) is 11.6. The van der Waals surface area contributed by atoms with Crippen LogP contribution in [0.2, 0.25) is 0 Å². The van der Waals surface area contributed by atoms with Crippen LogP contribution in [-0.2, 0) is 5.41 Å². The van der Waals surface area contributed by atoms with E-state index in [0.29, 0.717) is 0 Å². The molecule has 0 radical (unpaired) electrons. The molecule has 0 N–H and O–H groups in total. The molecule has 2 aromatic heterocycles. The van der Waals surface area contributed by atoms with Gasteiger partial charge in [0, 0.05) is 32.9 Å². The van der Waals surface area contributed by atoms with Crippen molar-refractivity contribution in [3.05, 3.63) is 253 Å². The van der Waals surface area contributed by atoms with E-state index in [1.54, 1.807) is 0 Å². The Morgan fingerprint density at radius 2 is 0.635 bits per heavy atom. The van der Waals surface area contributed by atoms with Gasteiger partial charge in [0.1, 0.15) is 0 Å². The lowest BCUT2D eigenvalue weighted by atomic mass is 9.70. The summed E-state index contributed by atoms with van der Waals surface area (Å²) in [7, 11) is 0. The number of para-hydroxylation sites is 2. The summed E-state index contributed by atoms with van der Waals surface area (Å²) in [5.41, 5.74) is 22.3. The zero-order valence-electron chi connectivity index (χ0n) is 34.3. The maximum absolute atomic E-state index is 2.51. The second kappa shape index (κ2) is 12.9. The van der Waals surface area contributed by atoms with E-state index in [1.807, 2.05) is 0 Å². The van der Waals surface area contributed by atoms with Gasteiger partial charge in [-0.25, -0.2) is 0 Å². The molecule has 0 bridgehead atoms. The molecule has 2 aliphatic rings. The van der Waals surface area contributed by atoms with Crippen LogP contribution in [0, 0.1) is 0 Å². The average Bonchev–Trinajstić information content (AvgIpc) is 4.06. The molecular weight excluding hydrogens is 761 g/mol. The number of rotatable bonds is 4. The van der Waals surface area contributed by atoms with Crippen LogP contribution in [-0.4, -0.2) is 9.13 Å². The Morgan fingerprint density at radius 3 is 1.16 bits per heavy atom. The molecule has 0 amide bonds. The molecule has 2 heterocycles. The van der Waals surface area contributed by atoms with Crippen LogP contribution in [0.25, 0.3) is 99.5 Å². The molecule has 2 heteroatoms. The Kier molecular flexibility index (Phi) is 7.07. The minimum atomic E-state index is -0.407. The van der Waals surface area contributed by atoms with Crippen LogP contribution in [0.15, 0.2) is 231 Å². The first-order valence-corrected chi connectivity index (χ1v) is 21.9. The molecule has 0 aliphatic heterocycles. The van der Waals surface area contributed by atoms with Crippen molar-refractivity contribution in [3.8, 4) is 55.9 Å². The third kappa shape index (κ3) is 4.62. The molecule has 0 saturated heterocycles. The molecular formula is C61H38N2. The van der Waals surface area contributed by atoms with Crippen molar-refractivity contribution in [2.24, 2.45) is 0 Å². The highest BCUT2D eigenvalue weighted by Gasteiger charge is 2.51. The molecule has 10 aromatic carbocycles. The topological polar surface area (TPSA) is 9.86 Å². The van der Waals surface area contributed by atoms with E-state index in [2.05, 4.69) is 240 Å². The van der Waals surface area contributed by atoms with Gasteiger partial charge in [0.05, 0.1) is 27.5 Å². The molecule has 1 spiro atoms. The van der Waals surface area contributed by atoms with Gasteiger partial charge in [-0.05, 0) is 115 Å². The molecule has 0 unspecified atom stereocenters. The molecule has 0 fully saturated rings. The van der Waals surface area contributed by atoms with Crippen LogP contribution in [0.3, 0.4) is 0 Å². The smallest absolute Gasteiger partial charge is 0.0726 e. The van der Waals surface area contributed by atoms with E-state index in [4.69, 9.17) is 0 Å². The third-order valence-corrected chi connectivity index (χ3v) is 14.2. The van der Waals surface area contributed by atoms with Gasteiger partial charge in [-0.2, -0.15) is 0 Å². The predicted octanol–water partition coefficient (Wildman–Crippen LogP) is 15.6. The van der Waals surface area contributed by atoms with Crippen LogP contribution in [0.5, 0.6) is 0 Å². The van der Waals surface area contributed by atoms with Crippen molar-refractivity contribution in [1.82, 2.24) is 9.13 Å². The highest BCUT2D eigenvalue weighted by molar-refractivity contribution is 6.29. The Labute approximate surface area is 365 Å². The van der Waals surface area contributed by atoms with E-state index in [9.17, 15) is 0 Å². The summed E-state index contributed by atoms with van der Waals surface area (Å²) >= 11 is 0. The zero-order chi connectivity index (χ0) is 41.2. The molecule has 292 valence electrons. The lowest BCUT2D eigenvalue weighted by Gasteiger charge is -2.30. The van der Waals surface area contributed by atoms with E-state index >= 15 is 0 Å². The van der Waals surface area contributed by atoms with Crippen molar-refractivity contribution < 1.29 is 0 Å². The van der Waals surface area contributed by atoms with Crippen molar-refractivity contribution in [2.75, 3.05) is 0 Å². The van der Waals surface area contributed by atoms with Gasteiger partial charge in [0.25, 0.3) is 0 Å². The Hall–Kier alpha value is -8.20. The summed E-state index contributed by atoms with van der Waals surface area (Å²) in [4.78, 5) is 0. The highest BCUT2D eigenvalue weighted by atomic mass is 15.0. The molecule has 0 saturated carbocycles. The normalized spacial score (nSPS) is 13.2. The van der Waals surface area contributed by atoms with Crippen molar-refractivity contribution in [3.63, 3.8) is 0 Å². The Balaban J connectivity index is 0.963. The summed E-state index contributed by atoms with van der Waals surface area (Å²) in [6.07, 6.45) is 0. The first kappa shape index (κ1) is 34.5. The van der Waals surface area contributed by atoms with E-state index in [0.717, 1.165) is 5.69 Å². The van der Waals surface area contributed by atoms with E-state index in [-0.39, 0.29) is 0 Å². The second-order valence-electron chi connectivity index (χ2n) is 17.2. The van der Waals surface area contributed by atoms with Gasteiger partial charge in [0.15, 0.2) is 0 Å². The second-order valence-corrected chi connectivity index (χ2v) is 17.2. The number of nitrogens with zero attached hydrogens (tertiary/aromatic N) is 2. The van der Waals surface area contributed by atoms with Gasteiger partial charge in [0.2, 0.25) is 0 Å². The summed E-state index contributed by atoms with van der Waals surface area (Å²) in [6, 6.07) is 85.6. The number of benzene rings is 10. The van der Waals surface area contributed by atoms with Gasteiger partial charge >= 0.3 is 0 Å². The maximum atomic E-state index is 2.51. The number of hydrogen-bond acceptors (Lipinski definition) is 0. The number of hydrogen-bond donors (Lipinski definition) is 0. The van der Waals surface area contributed by atoms with Gasteiger partial charge in [-0.1, -0.05) is 182 Å². The van der Waals surface area contributed by atoms with Gasteiger partial charge in [-0.3, -0.25) is 0 Å². The minimum Gasteiger partial charge on any atom is -0.309 e. The first-order valence-electron chi connectivity index (χ1n) is 21.9. The highest BCUT2D eigenvalue weighted by Crippen LogP contribution is 2.63. The lowest BCUT2D eigenvalue weighted by molar-refractivity contribution is 0.792. The fourth-order valence-corrected chi connectivity index (χ4v) is 11.6. The number of aromatic nitrogens is 2. The van der Waals surface area contributed by atoms with Crippen LogP contribution in [0.1, 0.15) is 22.3 Å². The van der Waals surface area contributed by atoms with Crippen LogP contribution < -0.4 is 0 Å². The lowest BCUT2D eigenvalue weighted by Crippen LogP contribution is -2.26. The van der Waals surface area contributed by atoms with Crippen molar-refractivity contribution >= 4 is 43.6 Å². The van der Waals surface area contributed by atoms with E-state index in [1.165, 1.54) is 116 Å². The molecule has 2 nitrogen and oxygen atoms in total. The standard InChI is InChI=1S/C61H38N2/c1-2-14-39(15-3-1)40-26-28-41(29-27-40)42-30-32-43(33-31-42)62-55-24-12-7-19-49(55)59-57(62)36-37-58-60(59)50-20-8-13-25-56(50)63(58)44-34-35-48-47-18-6-11-23-53(47)61(54(48)38-44)51-21-9-4-16-45(51)46-17-5-10-22-52(46)61/h1-38H. The summed E-state index contributed by atoms with van der Waals surface area (Å²) in [5, 5.41) is 5.07. The summed E-state index contributed by atoms with van der Waals surface area (Å²) < 4.78 is 4.96. The summed E-state index contributed by atoms with van der Waals surface area (Å²) in [5.74, 6) is 0. The third-order valence-electron chi connectivity index (χ3n) is 14.2. The quantitative estimate of drug-likeness (QED) is 0.168. The Bertz CT molecular complexity index is 3760. The molecule has 63 heavy (non-hydrogen) atoms. The molecule has 14 rings (SSSR count). The largest absolute Gasteiger partial charge is 0.309 e. The fraction of sp³-hybridized carbons (Fsp3) is 0.0164. The summed E-state index contributed by atoms with van der Waals surface area (Å²) in [6.45, 7) is 0. The first-order chi connectivity index (χ1) is 31.3. The SMILES string of the molecule is c1ccc(-c2ccc(-c3ccc(-n4c5ccccc5c5c6c7ccccc7n(-c7ccc8c(c7)C7(c9ccccc9-c9ccccc97)c7ccccc7-8)c6ccc54)cc3)cc2)cc1. The molecule has 2 aliphatic carbocycles. The zero-order valence-corrected chi connectivity index (χ0v) is 34.3. The maximum Gasteiger partial charge on any atom is 0.0726 e. The van der Waals surface area contributed by atoms with Crippen molar-refractivity contribution in [2.45, 2.75) is 5.41 Å². The van der Waals surface area contributed by atoms with E-state index < -0.39 is 5.41 Å². The minimum absolute atomic E-state index is 0.407. The van der Waals surface area contributed by atoms with Gasteiger partial charge in [-0.15, -0.1) is 0 Å². The van der Waals surface area contributed by atoms with Crippen LogP contribution >= 0.6 is 0 Å². The molecule has 0 atom stereocenters. The van der Waals surface area contributed by atoms with Crippen molar-refractivity contribution in [1.29, 1.82) is 0 Å². The van der Waals surface area contributed by atoms with Gasteiger partial charge < -0.3 is 9.13 Å². The molecule has 12 aromatic rings. The average molecular weight is 799 g/mol. The monoisotopic (exact) mass is 798 g/mol. The van der Waals surface area contributed by atoms with Crippen LogP contribution in [0.4, 0.5) is 0 Å². The predicted molar refractivity (Wildman–Crippen MR) is 262 cm³/mol. The number of fused-ring (bicyclic) bond motifs is 17.